The second-order valence-electron chi connectivity index (χ2n) is 3.99. The fraction of sp³-hybridized carbons (Fsp3) is 0.0833. The second kappa shape index (κ2) is 4.85. The zero-order valence-corrected chi connectivity index (χ0v) is 10.9. The van der Waals surface area contributed by atoms with Crippen LogP contribution in [0.4, 0.5) is 15.9 Å². The summed E-state index contributed by atoms with van der Waals surface area (Å²) in [6.07, 6.45) is 1.36. The Balaban J connectivity index is 2.33. The van der Waals surface area contributed by atoms with Crippen LogP contribution in [0.2, 0.25) is 0 Å². The summed E-state index contributed by atoms with van der Waals surface area (Å²) in [6.45, 7) is 1.69. The molecule has 100 valence electrons. The molecule has 0 fully saturated rings. The third-order valence-electron chi connectivity index (χ3n) is 2.45. The van der Waals surface area contributed by atoms with Crippen molar-refractivity contribution in [3.8, 4) is 0 Å². The summed E-state index contributed by atoms with van der Waals surface area (Å²) in [5.74, 6) is -0.306. The van der Waals surface area contributed by atoms with Crippen LogP contribution in [-0.2, 0) is 10.0 Å². The average molecular weight is 281 g/mol. The van der Waals surface area contributed by atoms with Gasteiger partial charge in [-0.15, -0.1) is 0 Å². The number of rotatable bonds is 3. The number of sulfonamides is 1. The zero-order chi connectivity index (χ0) is 14.0. The van der Waals surface area contributed by atoms with Crippen LogP contribution < -0.4 is 10.5 Å². The minimum Gasteiger partial charge on any atom is -0.397 e. The van der Waals surface area contributed by atoms with E-state index in [1.54, 1.807) is 13.0 Å². The molecule has 0 bridgehead atoms. The number of pyridine rings is 1. The van der Waals surface area contributed by atoms with Crippen LogP contribution in [0.3, 0.4) is 0 Å². The van der Waals surface area contributed by atoms with Crippen molar-refractivity contribution in [3.05, 3.63) is 47.9 Å². The molecule has 19 heavy (non-hydrogen) atoms. The Hall–Kier alpha value is -2.15. The summed E-state index contributed by atoms with van der Waals surface area (Å²) < 4.78 is 39.2. The summed E-state index contributed by atoms with van der Waals surface area (Å²) >= 11 is 0. The van der Waals surface area contributed by atoms with E-state index >= 15 is 0 Å². The highest BCUT2D eigenvalue weighted by atomic mass is 32.2. The maximum atomic E-state index is 12.8. The quantitative estimate of drug-likeness (QED) is 0.900. The molecule has 0 aliphatic rings. The number of aryl methyl sites for hydroxylation is 1. The SMILES string of the molecule is Cc1cc(N)cnc1NS(=O)(=O)c1ccc(F)cc1. The fourth-order valence-corrected chi connectivity index (χ4v) is 2.58. The van der Waals surface area contributed by atoms with Gasteiger partial charge in [-0.05, 0) is 42.8 Å². The number of hydrogen-bond acceptors (Lipinski definition) is 4. The van der Waals surface area contributed by atoms with Gasteiger partial charge in [0, 0.05) is 0 Å². The van der Waals surface area contributed by atoms with E-state index in [4.69, 9.17) is 5.73 Å². The minimum atomic E-state index is -3.79. The monoisotopic (exact) mass is 281 g/mol. The Kier molecular flexibility index (Phi) is 3.39. The molecule has 5 nitrogen and oxygen atoms in total. The highest BCUT2D eigenvalue weighted by Gasteiger charge is 2.16. The van der Waals surface area contributed by atoms with Crippen molar-refractivity contribution in [2.45, 2.75) is 11.8 Å². The molecule has 0 unspecified atom stereocenters. The molecule has 1 heterocycles. The molecule has 2 aromatic rings. The lowest BCUT2D eigenvalue weighted by Crippen LogP contribution is -2.15. The molecule has 0 aliphatic carbocycles. The summed E-state index contributed by atoms with van der Waals surface area (Å²) in [4.78, 5) is 3.88. The van der Waals surface area contributed by atoms with Crippen molar-refractivity contribution in [2.24, 2.45) is 0 Å². The smallest absolute Gasteiger partial charge is 0.263 e. The van der Waals surface area contributed by atoms with E-state index in [-0.39, 0.29) is 10.7 Å². The van der Waals surface area contributed by atoms with E-state index in [2.05, 4.69) is 9.71 Å². The normalized spacial score (nSPS) is 11.3. The average Bonchev–Trinajstić information content (AvgIpc) is 2.33. The van der Waals surface area contributed by atoms with Gasteiger partial charge in [0.05, 0.1) is 16.8 Å². The topological polar surface area (TPSA) is 85.1 Å². The van der Waals surface area contributed by atoms with Crippen LogP contribution in [-0.4, -0.2) is 13.4 Å². The maximum absolute atomic E-state index is 12.8. The molecule has 0 amide bonds. The van der Waals surface area contributed by atoms with Gasteiger partial charge in [0.25, 0.3) is 10.0 Å². The Labute approximate surface area is 110 Å². The Morgan fingerprint density at radius 2 is 1.89 bits per heavy atom. The second-order valence-corrected chi connectivity index (χ2v) is 5.68. The first-order chi connectivity index (χ1) is 8.88. The van der Waals surface area contributed by atoms with Crippen LogP contribution in [0, 0.1) is 12.7 Å². The Morgan fingerprint density at radius 1 is 1.26 bits per heavy atom. The van der Waals surface area contributed by atoms with Crippen molar-refractivity contribution < 1.29 is 12.8 Å². The van der Waals surface area contributed by atoms with Gasteiger partial charge in [0.15, 0.2) is 0 Å². The number of aromatic nitrogens is 1. The van der Waals surface area contributed by atoms with E-state index in [0.29, 0.717) is 11.3 Å². The number of halogens is 1. The third kappa shape index (κ3) is 3.00. The number of nitrogens with zero attached hydrogens (tertiary/aromatic N) is 1. The van der Waals surface area contributed by atoms with E-state index in [1.807, 2.05) is 0 Å². The van der Waals surface area contributed by atoms with Crippen molar-refractivity contribution in [1.29, 1.82) is 0 Å². The molecule has 2 rings (SSSR count). The van der Waals surface area contributed by atoms with Gasteiger partial charge >= 0.3 is 0 Å². The van der Waals surface area contributed by atoms with Gasteiger partial charge in [0.2, 0.25) is 0 Å². The van der Waals surface area contributed by atoms with Crippen LogP contribution in [0.25, 0.3) is 0 Å². The summed E-state index contributed by atoms with van der Waals surface area (Å²) in [5, 5.41) is 0. The largest absolute Gasteiger partial charge is 0.397 e. The molecule has 1 aromatic heterocycles. The molecule has 0 aliphatic heterocycles. The Morgan fingerprint density at radius 3 is 2.47 bits per heavy atom. The molecule has 1 aromatic carbocycles. The fourth-order valence-electron chi connectivity index (χ4n) is 1.50. The van der Waals surface area contributed by atoms with Crippen LogP contribution in [0.5, 0.6) is 0 Å². The van der Waals surface area contributed by atoms with Crippen molar-refractivity contribution >= 4 is 21.5 Å². The number of nitrogens with two attached hydrogens (primary N) is 1. The number of benzene rings is 1. The first-order valence-electron chi connectivity index (χ1n) is 5.39. The lowest BCUT2D eigenvalue weighted by Gasteiger charge is -2.09. The highest BCUT2D eigenvalue weighted by molar-refractivity contribution is 7.92. The van der Waals surface area contributed by atoms with E-state index in [0.717, 1.165) is 12.1 Å². The molecular weight excluding hydrogens is 269 g/mol. The maximum Gasteiger partial charge on any atom is 0.263 e. The van der Waals surface area contributed by atoms with E-state index in [9.17, 15) is 12.8 Å². The standard InChI is InChI=1S/C12H12FN3O2S/c1-8-6-10(14)7-15-12(8)16-19(17,18)11-4-2-9(13)3-5-11/h2-7H,14H2,1H3,(H,15,16). The summed E-state index contributed by atoms with van der Waals surface area (Å²) in [7, 11) is -3.79. The summed E-state index contributed by atoms with van der Waals surface area (Å²) in [5.41, 5.74) is 6.59. The molecule has 0 saturated carbocycles. The van der Waals surface area contributed by atoms with Crippen molar-refractivity contribution in [1.82, 2.24) is 4.98 Å². The highest BCUT2D eigenvalue weighted by Crippen LogP contribution is 2.19. The van der Waals surface area contributed by atoms with Crippen LogP contribution in [0.15, 0.2) is 41.4 Å². The third-order valence-corrected chi connectivity index (χ3v) is 3.81. The molecule has 0 atom stereocenters. The molecular formula is C12H12FN3O2S. The molecule has 7 heteroatoms. The predicted molar refractivity (Wildman–Crippen MR) is 70.6 cm³/mol. The molecule has 0 saturated heterocycles. The van der Waals surface area contributed by atoms with Gasteiger partial charge in [0.1, 0.15) is 11.6 Å². The first-order valence-corrected chi connectivity index (χ1v) is 6.87. The van der Waals surface area contributed by atoms with E-state index < -0.39 is 15.8 Å². The first kappa shape index (κ1) is 13.3. The number of hydrogen-bond donors (Lipinski definition) is 2. The van der Waals surface area contributed by atoms with Gasteiger partial charge in [-0.25, -0.2) is 17.8 Å². The Bertz CT molecular complexity index is 699. The van der Waals surface area contributed by atoms with E-state index in [1.165, 1.54) is 18.3 Å². The number of nitrogen functional groups attached to an aromatic ring is 1. The van der Waals surface area contributed by atoms with Crippen molar-refractivity contribution in [3.63, 3.8) is 0 Å². The predicted octanol–water partition coefficient (Wildman–Crippen LogP) is 1.91. The van der Waals surface area contributed by atoms with Crippen LogP contribution >= 0.6 is 0 Å². The minimum absolute atomic E-state index is 0.0353. The lowest BCUT2D eigenvalue weighted by atomic mass is 10.3. The van der Waals surface area contributed by atoms with Gasteiger partial charge in [-0.1, -0.05) is 0 Å². The molecule has 0 radical (unpaired) electrons. The van der Waals surface area contributed by atoms with Crippen molar-refractivity contribution in [2.75, 3.05) is 10.5 Å². The van der Waals surface area contributed by atoms with Crippen LogP contribution in [0.1, 0.15) is 5.56 Å². The summed E-state index contributed by atoms with van der Waals surface area (Å²) in [6, 6.07) is 6.14. The number of anilines is 2. The lowest BCUT2D eigenvalue weighted by molar-refractivity contribution is 0.599. The number of nitrogens with one attached hydrogen (secondary N) is 1. The molecule has 3 N–H and O–H groups in total. The molecule has 0 spiro atoms. The zero-order valence-electron chi connectivity index (χ0n) is 10.1. The van der Waals surface area contributed by atoms with Gasteiger partial charge in [-0.2, -0.15) is 0 Å². The van der Waals surface area contributed by atoms with Gasteiger partial charge in [-0.3, -0.25) is 4.72 Å². The van der Waals surface area contributed by atoms with Gasteiger partial charge < -0.3 is 5.73 Å².